The van der Waals surface area contributed by atoms with Crippen LogP contribution in [-0.4, -0.2) is 46.7 Å². The quantitative estimate of drug-likeness (QED) is 0.644. The van der Waals surface area contributed by atoms with E-state index >= 15 is 0 Å². The van der Waals surface area contributed by atoms with Gasteiger partial charge < -0.3 is 10.0 Å². The summed E-state index contributed by atoms with van der Waals surface area (Å²) >= 11 is 0. The number of rotatable bonds is 4. The number of aryl methyl sites for hydroxylation is 2. The van der Waals surface area contributed by atoms with Crippen LogP contribution in [0.2, 0.25) is 0 Å². The second-order valence-electron chi connectivity index (χ2n) is 10.8. The van der Waals surface area contributed by atoms with Crippen molar-refractivity contribution in [2.45, 2.75) is 65.0 Å². The topological polar surface area (TPSA) is 43.8 Å². The Morgan fingerprint density at radius 3 is 2.38 bits per heavy atom. The lowest BCUT2D eigenvalue weighted by atomic mass is 9.68. The molecule has 1 N–H and O–H groups in total. The van der Waals surface area contributed by atoms with Crippen molar-refractivity contribution in [1.82, 2.24) is 9.80 Å². The average molecular weight is 433 g/mol. The van der Waals surface area contributed by atoms with Crippen LogP contribution in [-0.2, 0) is 12.8 Å². The van der Waals surface area contributed by atoms with Gasteiger partial charge in [0.1, 0.15) is 0 Å². The van der Waals surface area contributed by atoms with Crippen molar-refractivity contribution in [2.75, 3.05) is 19.6 Å². The summed E-state index contributed by atoms with van der Waals surface area (Å²) in [5, 5.41) is 10.5. The minimum Gasteiger partial charge on any atom is -0.465 e. The Hall–Kier alpha value is -2.33. The lowest BCUT2D eigenvalue weighted by molar-refractivity contribution is -0.0352. The molecule has 0 aromatic heterocycles. The second-order valence-corrected chi connectivity index (χ2v) is 10.8. The molecule has 6 rings (SSSR count). The molecule has 3 aliphatic heterocycles. The van der Waals surface area contributed by atoms with Gasteiger partial charge in [0, 0.05) is 6.54 Å². The molecular weight excluding hydrogens is 396 g/mol. The molecule has 0 radical (unpaired) electrons. The molecule has 2 aromatic carbocycles. The number of hydrogen-bond donors (Lipinski definition) is 1. The monoisotopic (exact) mass is 432 g/mol. The maximum Gasteiger partial charge on any atom is 0.408 e. The first kappa shape index (κ1) is 21.5. The van der Waals surface area contributed by atoms with Crippen LogP contribution in [0, 0.1) is 11.3 Å². The molecule has 4 nitrogen and oxygen atoms in total. The first-order valence-electron chi connectivity index (χ1n) is 12.3. The predicted octanol–water partition coefficient (Wildman–Crippen LogP) is 6.00. The number of carboxylic acid groups (broad SMARTS) is 1. The summed E-state index contributed by atoms with van der Waals surface area (Å²) in [7, 11) is 0. The Morgan fingerprint density at radius 1 is 1.09 bits per heavy atom. The van der Waals surface area contributed by atoms with E-state index in [-0.39, 0.29) is 17.5 Å². The van der Waals surface area contributed by atoms with Crippen LogP contribution in [0.3, 0.4) is 0 Å². The summed E-state index contributed by atoms with van der Waals surface area (Å²) in [6.45, 7) is 9.84. The number of hydrogen-bond acceptors (Lipinski definition) is 2. The molecule has 2 bridgehead atoms. The van der Waals surface area contributed by atoms with Gasteiger partial charge >= 0.3 is 6.09 Å². The molecule has 0 saturated carbocycles. The SMILES string of the molecule is CCc1ccc(-c2ccc3c(c2)CCC(C)(C)[C@H]3N(C(=O)O)[C@@H]2CN3CCC2CC3)cc1. The van der Waals surface area contributed by atoms with E-state index in [9.17, 15) is 9.90 Å². The summed E-state index contributed by atoms with van der Waals surface area (Å²) in [5.41, 5.74) is 6.27. The highest BCUT2D eigenvalue weighted by atomic mass is 16.4. The van der Waals surface area contributed by atoms with Crippen LogP contribution >= 0.6 is 0 Å². The molecular formula is C28H36N2O2. The first-order chi connectivity index (χ1) is 15.4. The Balaban J connectivity index is 1.53. The minimum atomic E-state index is -0.756. The molecule has 4 heteroatoms. The summed E-state index contributed by atoms with van der Waals surface area (Å²) in [4.78, 5) is 17.1. The molecule has 0 spiro atoms. The van der Waals surface area contributed by atoms with E-state index in [0.29, 0.717) is 5.92 Å². The van der Waals surface area contributed by atoms with Crippen LogP contribution < -0.4 is 0 Å². The number of fused-ring (bicyclic) bond motifs is 4. The first-order valence-corrected chi connectivity index (χ1v) is 12.3. The Kier molecular flexibility index (Phi) is 5.53. The number of benzene rings is 2. The maximum absolute atomic E-state index is 12.7. The average Bonchev–Trinajstić information content (AvgIpc) is 2.81. The lowest BCUT2D eigenvalue weighted by Crippen LogP contribution is -2.61. The molecule has 3 heterocycles. The molecule has 4 aliphatic rings. The largest absolute Gasteiger partial charge is 0.465 e. The van der Waals surface area contributed by atoms with Crippen LogP contribution in [0.4, 0.5) is 4.79 Å². The molecule has 170 valence electrons. The van der Waals surface area contributed by atoms with Gasteiger partial charge in [0.2, 0.25) is 0 Å². The van der Waals surface area contributed by atoms with Crippen molar-refractivity contribution < 1.29 is 9.90 Å². The van der Waals surface area contributed by atoms with Gasteiger partial charge in [0.15, 0.2) is 0 Å². The van der Waals surface area contributed by atoms with Gasteiger partial charge in [-0.1, -0.05) is 63.2 Å². The fourth-order valence-electron chi connectivity index (χ4n) is 6.44. The Bertz CT molecular complexity index is 989. The second kappa shape index (κ2) is 8.22. The standard InChI is InChI=1S/C28H36N2O2/c1-4-19-5-7-20(8-6-19)22-9-10-24-23(17-22)11-14-28(2,3)26(24)30(27(31)32)25-18-29-15-12-21(25)13-16-29/h5-10,17,21,25-26H,4,11-16,18H2,1-3H3,(H,31,32)/t25-,26+/m1/s1. The third kappa shape index (κ3) is 3.73. The van der Waals surface area contributed by atoms with Crippen molar-refractivity contribution >= 4 is 6.09 Å². The van der Waals surface area contributed by atoms with E-state index in [2.05, 4.69) is 68.1 Å². The zero-order valence-electron chi connectivity index (χ0n) is 19.7. The minimum absolute atomic E-state index is 0.0816. The molecule has 1 aliphatic carbocycles. The van der Waals surface area contributed by atoms with Crippen molar-refractivity contribution in [3.05, 3.63) is 59.2 Å². The van der Waals surface area contributed by atoms with Gasteiger partial charge in [0.25, 0.3) is 0 Å². The van der Waals surface area contributed by atoms with E-state index in [1.807, 2.05) is 4.90 Å². The summed E-state index contributed by atoms with van der Waals surface area (Å²) < 4.78 is 0. The molecule has 1 amide bonds. The highest BCUT2D eigenvalue weighted by Gasteiger charge is 2.48. The summed E-state index contributed by atoms with van der Waals surface area (Å²) in [6, 6.07) is 15.6. The van der Waals surface area contributed by atoms with Crippen molar-refractivity contribution in [2.24, 2.45) is 11.3 Å². The van der Waals surface area contributed by atoms with Crippen LogP contribution in [0.5, 0.6) is 0 Å². The van der Waals surface area contributed by atoms with Crippen LogP contribution in [0.25, 0.3) is 11.1 Å². The van der Waals surface area contributed by atoms with E-state index < -0.39 is 6.09 Å². The van der Waals surface area contributed by atoms with E-state index in [1.54, 1.807) is 0 Å². The number of amides is 1. The maximum atomic E-state index is 12.7. The molecule has 2 aromatic rings. The Morgan fingerprint density at radius 2 is 1.78 bits per heavy atom. The van der Waals surface area contributed by atoms with Gasteiger partial charge in [-0.05, 0) is 84.3 Å². The fraction of sp³-hybridized carbons (Fsp3) is 0.536. The number of nitrogens with zero attached hydrogens (tertiary/aromatic N) is 2. The highest BCUT2D eigenvalue weighted by molar-refractivity contribution is 5.69. The summed E-state index contributed by atoms with van der Waals surface area (Å²) in [5.74, 6) is 0.494. The smallest absolute Gasteiger partial charge is 0.408 e. The summed E-state index contributed by atoms with van der Waals surface area (Å²) in [6.07, 6.45) is 4.56. The van der Waals surface area contributed by atoms with Gasteiger partial charge in [-0.3, -0.25) is 4.90 Å². The van der Waals surface area contributed by atoms with Crippen LogP contribution in [0.15, 0.2) is 42.5 Å². The van der Waals surface area contributed by atoms with E-state index in [0.717, 1.165) is 51.7 Å². The highest BCUT2D eigenvalue weighted by Crippen LogP contribution is 2.50. The molecule has 3 saturated heterocycles. The van der Waals surface area contributed by atoms with E-state index in [4.69, 9.17) is 0 Å². The lowest BCUT2D eigenvalue weighted by Gasteiger charge is -2.54. The molecule has 32 heavy (non-hydrogen) atoms. The van der Waals surface area contributed by atoms with Crippen molar-refractivity contribution in [3.8, 4) is 11.1 Å². The Labute approximate surface area is 192 Å². The fourth-order valence-corrected chi connectivity index (χ4v) is 6.44. The van der Waals surface area contributed by atoms with Crippen molar-refractivity contribution in [3.63, 3.8) is 0 Å². The molecule has 0 unspecified atom stereocenters. The number of piperidine rings is 3. The predicted molar refractivity (Wildman–Crippen MR) is 129 cm³/mol. The molecule has 2 atom stereocenters. The van der Waals surface area contributed by atoms with Crippen LogP contribution in [0.1, 0.15) is 62.8 Å². The normalized spacial score (nSPS) is 28.2. The number of carbonyl (C=O) groups is 1. The third-order valence-corrected chi connectivity index (χ3v) is 8.39. The van der Waals surface area contributed by atoms with E-state index in [1.165, 1.54) is 27.8 Å². The van der Waals surface area contributed by atoms with Crippen molar-refractivity contribution in [1.29, 1.82) is 0 Å². The molecule has 3 fully saturated rings. The van der Waals surface area contributed by atoms with Gasteiger partial charge in [0.05, 0.1) is 12.1 Å². The zero-order valence-corrected chi connectivity index (χ0v) is 19.7. The zero-order chi connectivity index (χ0) is 22.5. The van der Waals surface area contributed by atoms with Gasteiger partial charge in [-0.2, -0.15) is 0 Å². The van der Waals surface area contributed by atoms with Gasteiger partial charge in [-0.15, -0.1) is 0 Å². The van der Waals surface area contributed by atoms with Gasteiger partial charge in [-0.25, -0.2) is 4.79 Å². The third-order valence-electron chi connectivity index (χ3n) is 8.39.